The van der Waals surface area contributed by atoms with Crippen LogP contribution in [0, 0.1) is 35.9 Å². The van der Waals surface area contributed by atoms with Crippen LogP contribution in [-0.4, -0.2) is 55.1 Å². The predicted molar refractivity (Wildman–Crippen MR) is 140 cm³/mol. The third kappa shape index (κ3) is 5.06. The number of piperazine rings is 1. The number of hydrazine groups is 1. The van der Waals surface area contributed by atoms with Gasteiger partial charge in [0.1, 0.15) is 11.6 Å². The van der Waals surface area contributed by atoms with Crippen molar-refractivity contribution in [3.8, 4) is 6.07 Å². The molecular formula is C28H36FN7O. The Kier molecular flexibility index (Phi) is 7.43. The van der Waals surface area contributed by atoms with Gasteiger partial charge < -0.3 is 15.1 Å². The molecule has 3 aliphatic rings. The summed E-state index contributed by atoms with van der Waals surface area (Å²) in [5.41, 5.74) is 10.5. The molecule has 1 aliphatic carbocycles. The van der Waals surface area contributed by atoms with E-state index in [1.165, 1.54) is 0 Å². The Hall–Kier alpha value is -3.06. The molecule has 8 nitrogen and oxygen atoms in total. The maximum atomic E-state index is 15.4. The minimum Gasteiger partial charge on any atom is -0.353 e. The Labute approximate surface area is 218 Å². The molecule has 196 valence electrons. The predicted octanol–water partition coefficient (Wildman–Crippen LogP) is 2.77. The van der Waals surface area contributed by atoms with Gasteiger partial charge in [0, 0.05) is 57.8 Å². The summed E-state index contributed by atoms with van der Waals surface area (Å²) in [6, 6.07) is 10.5. The number of hydrogen-bond donors (Lipinski definition) is 3. The summed E-state index contributed by atoms with van der Waals surface area (Å²) in [5.74, 6) is 0.652. The van der Waals surface area contributed by atoms with Crippen LogP contribution in [0.1, 0.15) is 54.0 Å². The number of carbonyl (C=O) groups is 1. The summed E-state index contributed by atoms with van der Waals surface area (Å²) < 4.78 is 15.4. The Bertz CT molecular complexity index is 1150. The molecule has 2 saturated heterocycles. The molecule has 1 aromatic carbocycles. The first-order chi connectivity index (χ1) is 17.9. The van der Waals surface area contributed by atoms with E-state index < -0.39 is 0 Å². The van der Waals surface area contributed by atoms with Crippen molar-refractivity contribution in [3.63, 3.8) is 0 Å². The van der Waals surface area contributed by atoms with E-state index in [0.29, 0.717) is 31.6 Å². The van der Waals surface area contributed by atoms with E-state index in [2.05, 4.69) is 39.3 Å². The van der Waals surface area contributed by atoms with Crippen LogP contribution in [0.15, 0.2) is 30.5 Å². The number of anilines is 1. The zero-order valence-electron chi connectivity index (χ0n) is 21.8. The second-order valence-corrected chi connectivity index (χ2v) is 10.6. The summed E-state index contributed by atoms with van der Waals surface area (Å²) in [5, 5.41) is 13.1. The van der Waals surface area contributed by atoms with Gasteiger partial charge in [0.05, 0.1) is 18.0 Å². The number of nitrogens with one attached hydrogen (secondary N) is 3. The molecule has 0 radical (unpaired) electrons. The van der Waals surface area contributed by atoms with Gasteiger partial charge in [0.15, 0.2) is 0 Å². The van der Waals surface area contributed by atoms with E-state index in [1.54, 1.807) is 13.0 Å². The largest absolute Gasteiger partial charge is 0.353 e. The normalized spacial score (nSPS) is 27.6. The van der Waals surface area contributed by atoms with Crippen LogP contribution >= 0.6 is 0 Å². The van der Waals surface area contributed by atoms with E-state index in [0.717, 1.165) is 42.0 Å². The highest BCUT2D eigenvalue weighted by molar-refractivity contribution is 5.73. The highest BCUT2D eigenvalue weighted by Gasteiger charge is 2.46. The highest BCUT2D eigenvalue weighted by atomic mass is 19.1. The number of nitriles is 1. The molecule has 5 atom stereocenters. The molecule has 1 aromatic heterocycles. The lowest BCUT2D eigenvalue weighted by atomic mass is 9.66. The van der Waals surface area contributed by atoms with Gasteiger partial charge in [0.2, 0.25) is 5.91 Å². The molecule has 3 N–H and O–H groups in total. The average Bonchev–Trinajstić information content (AvgIpc) is 3.31. The van der Waals surface area contributed by atoms with Crippen LogP contribution < -0.4 is 21.1 Å². The number of aryl methyl sites for hydroxylation is 1. The molecule has 5 rings (SSSR count). The van der Waals surface area contributed by atoms with Crippen LogP contribution in [0.2, 0.25) is 0 Å². The average molecular weight is 506 g/mol. The summed E-state index contributed by atoms with van der Waals surface area (Å²) in [4.78, 5) is 20.5. The minimum atomic E-state index is -0.244. The molecule has 9 heteroatoms. The second kappa shape index (κ2) is 10.7. The van der Waals surface area contributed by atoms with Gasteiger partial charge in [-0.1, -0.05) is 12.1 Å². The number of pyridine rings is 1. The lowest BCUT2D eigenvalue weighted by Crippen LogP contribution is -2.48. The van der Waals surface area contributed by atoms with Gasteiger partial charge in [-0.15, -0.1) is 0 Å². The zero-order chi connectivity index (χ0) is 26.1. The monoisotopic (exact) mass is 505 g/mol. The Morgan fingerprint density at radius 1 is 1.22 bits per heavy atom. The summed E-state index contributed by atoms with van der Waals surface area (Å²) >= 11 is 0. The van der Waals surface area contributed by atoms with Crippen molar-refractivity contribution in [2.24, 2.45) is 11.8 Å². The van der Waals surface area contributed by atoms with Crippen molar-refractivity contribution in [1.82, 2.24) is 26.1 Å². The maximum absolute atomic E-state index is 15.4. The van der Waals surface area contributed by atoms with Crippen molar-refractivity contribution >= 4 is 11.7 Å². The van der Waals surface area contributed by atoms with E-state index in [9.17, 15) is 10.1 Å². The fourth-order valence-electron chi connectivity index (χ4n) is 6.49. The molecule has 3 heterocycles. The molecule has 1 amide bonds. The fourth-order valence-corrected chi connectivity index (χ4v) is 6.49. The number of carbonyl (C=O) groups excluding carboxylic acids is 1. The molecular weight excluding hydrogens is 469 g/mol. The molecule has 2 aromatic rings. The zero-order valence-corrected chi connectivity index (χ0v) is 21.8. The number of amides is 1. The van der Waals surface area contributed by atoms with E-state index in [1.807, 2.05) is 31.1 Å². The number of aromatic nitrogens is 1. The van der Waals surface area contributed by atoms with Crippen molar-refractivity contribution in [3.05, 3.63) is 58.5 Å². The van der Waals surface area contributed by atoms with E-state index in [-0.39, 0.29) is 41.6 Å². The third-order valence-corrected chi connectivity index (χ3v) is 8.38. The molecule has 2 aliphatic heterocycles. The van der Waals surface area contributed by atoms with Crippen LogP contribution in [0.4, 0.5) is 10.2 Å². The second-order valence-electron chi connectivity index (χ2n) is 10.6. The first kappa shape index (κ1) is 25.6. The Morgan fingerprint density at radius 3 is 2.62 bits per heavy atom. The van der Waals surface area contributed by atoms with Gasteiger partial charge in [-0.05, 0) is 67.1 Å². The molecule has 5 unspecified atom stereocenters. The standard InChI is InChI=1S/C28H36FN7O/c1-17-10-19(15-31-3)11-24(29)27(17)22-13-23-25(12-21(22)14-30)33-34-28(23)20-4-5-26(32-16-20)36-8-6-35(7-9-36)18(2)37/h4-5,10-11,16,21-23,25,28,31,33-34H,6-9,12-13,15H2,1-3H3. The molecule has 37 heavy (non-hydrogen) atoms. The number of hydrogen-bond acceptors (Lipinski definition) is 7. The molecule has 1 saturated carbocycles. The van der Waals surface area contributed by atoms with Crippen molar-refractivity contribution in [1.29, 1.82) is 5.26 Å². The lowest BCUT2D eigenvalue weighted by Gasteiger charge is -2.37. The van der Waals surface area contributed by atoms with Gasteiger partial charge in [-0.2, -0.15) is 5.26 Å². The Morgan fingerprint density at radius 2 is 2.00 bits per heavy atom. The van der Waals surface area contributed by atoms with Gasteiger partial charge in [-0.3, -0.25) is 10.2 Å². The number of nitrogens with zero attached hydrogens (tertiary/aromatic N) is 4. The van der Waals surface area contributed by atoms with Gasteiger partial charge in [-0.25, -0.2) is 14.8 Å². The van der Waals surface area contributed by atoms with Crippen molar-refractivity contribution in [2.45, 2.75) is 51.2 Å². The van der Waals surface area contributed by atoms with Crippen LogP contribution in [0.25, 0.3) is 0 Å². The first-order valence-electron chi connectivity index (χ1n) is 13.2. The number of halogens is 1. The number of rotatable bonds is 5. The minimum absolute atomic E-state index is 0.0372. The van der Waals surface area contributed by atoms with Gasteiger partial charge in [0.25, 0.3) is 0 Å². The topological polar surface area (TPSA) is 96.3 Å². The van der Waals surface area contributed by atoms with E-state index >= 15 is 4.39 Å². The molecule has 0 spiro atoms. The van der Waals surface area contributed by atoms with E-state index in [4.69, 9.17) is 4.98 Å². The third-order valence-electron chi connectivity index (χ3n) is 8.38. The molecule has 3 fully saturated rings. The first-order valence-corrected chi connectivity index (χ1v) is 13.2. The number of benzene rings is 1. The van der Waals surface area contributed by atoms with Crippen LogP contribution in [0.3, 0.4) is 0 Å². The SMILES string of the molecule is CNCc1cc(C)c(C2CC3C(CC2C#N)NNC3c2ccc(N3CCN(C(C)=O)CC3)nc2)c(F)c1. The quantitative estimate of drug-likeness (QED) is 0.575. The van der Waals surface area contributed by atoms with Crippen molar-refractivity contribution < 1.29 is 9.18 Å². The maximum Gasteiger partial charge on any atom is 0.219 e. The van der Waals surface area contributed by atoms with Gasteiger partial charge >= 0.3 is 0 Å². The highest BCUT2D eigenvalue weighted by Crippen LogP contribution is 2.48. The number of fused-ring (bicyclic) bond motifs is 1. The van der Waals surface area contributed by atoms with Crippen molar-refractivity contribution in [2.75, 3.05) is 38.1 Å². The Balaban J connectivity index is 1.33. The molecule has 0 bridgehead atoms. The summed E-state index contributed by atoms with van der Waals surface area (Å²) in [6.07, 6.45) is 3.34. The summed E-state index contributed by atoms with van der Waals surface area (Å²) in [7, 11) is 1.85. The smallest absolute Gasteiger partial charge is 0.219 e. The fraction of sp³-hybridized carbons (Fsp3) is 0.536. The summed E-state index contributed by atoms with van der Waals surface area (Å²) in [6.45, 7) is 7.15. The van der Waals surface area contributed by atoms with Crippen LogP contribution in [-0.2, 0) is 11.3 Å². The lowest BCUT2D eigenvalue weighted by molar-refractivity contribution is -0.129. The van der Waals surface area contributed by atoms with Crippen LogP contribution in [0.5, 0.6) is 0 Å².